The van der Waals surface area contributed by atoms with E-state index in [2.05, 4.69) is 118 Å². The van der Waals surface area contributed by atoms with Gasteiger partial charge in [0.25, 0.3) is 6.33 Å². The van der Waals surface area contributed by atoms with Crippen LogP contribution in [0.4, 0.5) is 0 Å². The molecule has 6 nitrogen and oxygen atoms in total. The van der Waals surface area contributed by atoms with Crippen molar-refractivity contribution >= 4 is 32.8 Å². The first-order chi connectivity index (χ1) is 26.4. The molecule has 282 valence electrons. The molecule has 7 heteroatoms. The van der Waals surface area contributed by atoms with Crippen molar-refractivity contribution in [2.24, 2.45) is 5.41 Å². The van der Waals surface area contributed by atoms with Crippen LogP contribution in [-0.4, -0.2) is 19.1 Å². The first-order valence-corrected chi connectivity index (χ1v) is 18.5. The zero-order valence-corrected chi connectivity index (χ0v) is 35.1. The molecule has 55 heavy (non-hydrogen) atoms. The van der Waals surface area contributed by atoms with Gasteiger partial charge < -0.3 is 18.9 Å². The molecule has 0 fully saturated rings. The standard InChI is InChI=1S/C48H47N5O.Pt/c1-46(2,3)28-32-21-22-50-45(23-32)53-41-16-11-10-15-39(41)40-19-18-37(27-43(40)53)54-38-26-36(29-49-30-38)52-31-51(35-14-12-13-33(24-35)47(4,5)6)44-25-34(48(7,8)9)17-20-42(44)52;/h10-25,29-30H,28H2,1-9H3;/q-2;/i28D2;. The number of ether oxygens (including phenoxy) is 1. The van der Waals surface area contributed by atoms with E-state index in [1.807, 2.05) is 66.3 Å². The Bertz CT molecular complexity index is 2780. The van der Waals surface area contributed by atoms with Crippen molar-refractivity contribution < 1.29 is 33.1 Å². The second-order valence-corrected chi connectivity index (χ2v) is 17.1. The molecule has 0 amide bonds. The van der Waals surface area contributed by atoms with Crippen LogP contribution >= 0.6 is 0 Å². The third-order valence-corrected chi connectivity index (χ3v) is 9.65. The number of aromatic nitrogens is 5. The van der Waals surface area contributed by atoms with Gasteiger partial charge >= 0.3 is 0 Å². The largest absolute Gasteiger partial charge is 0.508 e. The maximum Gasteiger partial charge on any atom is 0.268 e. The van der Waals surface area contributed by atoms with E-state index in [0.717, 1.165) is 38.5 Å². The van der Waals surface area contributed by atoms with Gasteiger partial charge in [0.15, 0.2) is 0 Å². The van der Waals surface area contributed by atoms with Crippen LogP contribution in [0.25, 0.3) is 50.0 Å². The minimum Gasteiger partial charge on any atom is -0.508 e. The number of rotatable bonds is 6. The van der Waals surface area contributed by atoms with Crippen LogP contribution in [0.2, 0.25) is 0 Å². The summed E-state index contributed by atoms with van der Waals surface area (Å²) >= 11 is 0. The van der Waals surface area contributed by atoms with Crippen molar-refractivity contribution in [3.63, 3.8) is 0 Å². The van der Waals surface area contributed by atoms with Crippen LogP contribution in [0.3, 0.4) is 0 Å². The predicted octanol–water partition coefficient (Wildman–Crippen LogP) is 11.2. The molecule has 0 atom stereocenters. The van der Waals surface area contributed by atoms with Gasteiger partial charge in [0.1, 0.15) is 5.82 Å². The van der Waals surface area contributed by atoms with E-state index in [1.165, 1.54) is 11.1 Å². The van der Waals surface area contributed by atoms with Crippen molar-refractivity contribution in [2.45, 2.75) is 79.5 Å². The third-order valence-electron chi connectivity index (χ3n) is 9.65. The topological polar surface area (TPSA) is 48.8 Å². The van der Waals surface area contributed by atoms with Crippen LogP contribution in [0.5, 0.6) is 11.5 Å². The summed E-state index contributed by atoms with van der Waals surface area (Å²) in [5.74, 6) is 1.53. The number of hydrogen-bond acceptors (Lipinski definition) is 3. The van der Waals surface area contributed by atoms with Crippen LogP contribution in [0.15, 0.2) is 110 Å². The Morgan fingerprint density at radius 1 is 0.727 bits per heavy atom. The molecular formula is C48H47N5OPt-2. The molecule has 4 aromatic carbocycles. The minimum absolute atomic E-state index is 0. The molecule has 0 saturated heterocycles. The number of imidazole rings is 1. The number of para-hydroxylation sites is 1. The minimum atomic E-state index is -1.58. The summed E-state index contributed by atoms with van der Waals surface area (Å²) in [5.41, 5.74) is 7.81. The molecule has 0 spiro atoms. The Morgan fingerprint density at radius 3 is 2.25 bits per heavy atom. The second kappa shape index (κ2) is 14.2. The SMILES string of the molecule is [2H]C([2H])(c1ccnc(-n2c3[c-]c(Oc4[c-]c(-n5[c-][n+](-c6cccc(C(C)(C)C)c6)c6cc(C(C)(C)C)ccc65)cnc4)ccc3c3ccccc32)c1)C(C)(C)C.[Pt]. The van der Waals surface area contributed by atoms with E-state index in [1.54, 1.807) is 24.7 Å². The number of nitrogens with zero attached hydrogens (tertiary/aromatic N) is 5. The van der Waals surface area contributed by atoms with E-state index in [4.69, 9.17) is 12.5 Å². The Balaban J connectivity index is 0.00000496. The fraction of sp³-hybridized carbons (Fsp3) is 0.271. The number of pyridine rings is 2. The Labute approximate surface area is 341 Å². The smallest absolute Gasteiger partial charge is 0.268 e. The maximum atomic E-state index is 8.95. The number of fused-ring (bicyclic) bond motifs is 4. The van der Waals surface area contributed by atoms with Gasteiger partial charge in [-0.2, -0.15) is 6.07 Å². The molecule has 0 radical (unpaired) electrons. The van der Waals surface area contributed by atoms with Crippen molar-refractivity contribution in [3.8, 4) is 28.7 Å². The van der Waals surface area contributed by atoms with Crippen molar-refractivity contribution in [1.82, 2.24) is 19.1 Å². The molecule has 0 saturated carbocycles. The fourth-order valence-corrected chi connectivity index (χ4v) is 6.93. The Morgan fingerprint density at radius 2 is 1.49 bits per heavy atom. The van der Waals surface area contributed by atoms with E-state index in [0.29, 0.717) is 28.6 Å². The monoisotopic (exact) mass is 906 g/mol. The average molecular weight is 907 g/mol. The first kappa shape index (κ1) is 35.6. The average Bonchev–Trinajstić information content (AvgIpc) is 3.70. The first-order valence-electron chi connectivity index (χ1n) is 19.5. The summed E-state index contributed by atoms with van der Waals surface area (Å²) in [6.45, 7) is 19.1. The number of benzene rings is 4. The van der Waals surface area contributed by atoms with Gasteiger partial charge in [0, 0.05) is 47.0 Å². The van der Waals surface area contributed by atoms with Gasteiger partial charge in [0.2, 0.25) is 0 Å². The summed E-state index contributed by atoms with van der Waals surface area (Å²) < 4.78 is 30.5. The second-order valence-electron chi connectivity index (χ2n) is 17.1. The van der Waals surface area contributed by atoms with Gasteiger partial charge in [-0.15, -0.1) is 23.6 Å². The Hall–Kier alpha value is -5.06. The molecule has 0 N–H and O–H groups in total. The summed E-state index contributed by atoms with van der Waals surface area (Å²) in [4.78, 5) is 9.32. The van der Waals surface area contributed by atoms with E-state index in [9.17, 15) is 0 Å². The molecule has 0 aliphatic carbocycles. The Kier molecular flexibility index (Phi) is 9.21. The van der Waals surface area contributed by atoms with Gasteiger partial charge in [-0.25, -0.2) is 4.98 Å². The number of hydrogen-bond donors (Lipinski definition) is 0. The van der Waals surface area contributed by atoms with Gasteiger partial charge in [-0.3, -0.25) is 4.57 Å². The van der Waals surface area contributed by atoms with Gasteiger partial charge in [0.05, 0.1) is 16.7 Å². The molecule has 4 heterocycles. The zero-order valence-electron chi connectivity index (χ0n) is 34.9. The third kappa shape index (κ3) is 7.62. The maximum absolute atomic E-state index is 8.95. The quantitative estimate of drug-likeness (QED) is 0.123. The summed E-state index contributed by atoms with van der Waals surface area (Å²) in [5, 5.41) is 2.02. The fourth-order valence-electron chi connectivity index (χ4n) is 6.93. The van der Waals surface area contributed by atoms with Gasteiger partial charge in [-0.1, -0.05) is 116 Å². The van der Waals surface area contributed by atoms with Crippen LogP contribution in [-0.2, 0) is 38.3 Å². The van der Waals surface area contributed by atoms with Gasteiger partial charge in [-0.05, 0) is 93.0 Å². The van der Waals surface area contributed by atoms with Crippen LogP contribution < -0.4 is 9.30 Å². The van der Waals surface area contributed by atoms with E-state index in [-0.39, 0.29) is 31.9 Å². The summed E-state index contributed by atoms with van der Waals surface area (Å²) in [6.07, 6.45) is 7.15. The van der Waals surface area contributed by atoms with Crippen molar-refractivity contribution in [2.75, 3.05) is 0 Å². The van der Waals surface area contributed by atoms with Crippen LogP contribution in [0, 0.1) is 23.9 Å². The molecule has 8 rings (SSSR count). The molecule has 0 unspecified atom stereocenters. The molecule has 0 bridgehead atoms. The molecule has 0 aliphatic rings. The van der Waals surface area contributed by atoms with E-state index < -0.39 is 11.8 Å². The van der Waals surface area contributed by atoms with E-state index >= 15 is 0 Å². The molecular weight excluding hydrogens is 858 g/mol. The predicted molar refractivity (Wildman–Crippen MR) is 218 cm³/mol. The zero-order chi connectivity index (χ0) is 39.8. The van der Waals surface area contributed by atoms with Crippen LogP contribution in [0.1, 0.15) is 81.7 Å². The normalized spacial score (nSPS) is 13.2. The summed E-state index contributed by atoms with van der Waals surface area (Å²) in [7, 11) is 0. The molecule has 0 aliphatic heterocycles. The van der Waals surface area contributed by atoms with Crippen molar-refractivity contribution in [1.29, 1.82) is 0 Å². The van der Waals surface area contributed by atoms with Crippen molar-refractivity contribution in [3.05, 3.63) is 145 Å². The summed E-state index contributed by atoms with van der Waals surface area (Å²) in [6, 6.07) is 37.9. The molecule has 8 aromatic rings. The molecule has 4 aromatic heterocycles.